The molecule has 104 valence electrons. The summed E-state index contributed by atoms with van der Waals surface area (Å²) in [6.07, 6.45) is 2.13. The number of nitriles is 2. The van der Waals surface area contributed by atoms with Crippen LogP contribution in [0.1, 0.15) is 38.5 Å². The van der Waals surface area contributed by atoms with E-state index in [2.05, 4.69) is 21.1 Å². The Labute approximate surface area is 116 Å². The van der Waals surface area contributed by atoms with Gasteiger partial charge in [0.05, 0.1) is 12.1 Å². The SMILES string of the molecule is N#CCC(=O)NN=C1CCC(=NNC(=O)CC#N)CC1. The summed E-state index contributed by atoms with van der Waals surface area (Å²) in [6.45, 7) is 0. The fourth-order valence-corrected chi connectivity index (χ4v) is 1.56. The normalized spacial score (nSPS) is 13.7. The quantitative estimate of drug-likeness (QED) is 0.715. The molecular weight excluding hydrogens is 260 g/mol. The topological polar surface area (TPSA) is 130 Å². The van der Waals surface area contributed by atoms with Crippen molar-refractivity contribution >= 4 is 23.2 Å². The van der Waals surface area contributed by atoms with E-state index in [0.29, 0.717) is 25.7 Å². The number of hydrazone groups is 2. The molecule has 0 aromatic heterocycles. The fraction of sp³-hybridized carbons (Fsp3) is 0.500. The minimum atomic E-state index is -0.428. The van der Waals surface area contributed by atoms with Crippen LogP contribution in [0.25, 0.3) is 0 Å². The van der Waals surface area contributed by atoms with Gasteiger partial charge in [0.1, 0.15) is 12.8 Å². The molecule has 0 unspecified atom stereocenters. The predicted molar refractivity (Wildman–Crippen MR) is 70.1 cm³/mol. The van der Waals surface area contributed by atoms with Crippen LogP contribution < -0.4 is 10.9 Å². The number of hydrogen-bond donors (Lipinski definition) is 2. The van der Waals surface area contributed by atoms with Crippen LogP contribution in [0.2, 0.25) is 0 Å². The number of nitrogens with one attached hydrogen (secondary N) is 2. The highest BCUT2D eigenvalue weighted by Gasteiger charge is 2.13. The number of hydrogen-bond acceptors (Lipinski definition) is 6. The van der Waals surface area contributed by atoms with Gasteiger partial charge in [-0.15, -0.1) is 0 Å². The van der Waals surface area contributed by atoms with E-state index < -0.39 is 11.8 Å². The fourth-order valence-electron chi connectivity index (χ4n) is 1.56. The Morgan fingerprint density at radius 3 is 1.55 bits per heavy atom. The molecule has 0 aromatic carbocycles. The van der Waals surface area contributed by atoms with E-state index in [1.807, 2.05) is 0 Å². The Morgan fingerprint density at radius 1 is 0.900 bits per heavy atom. The zero-order valence-corrected chi connectivity index (χ0v) is 10.8. The van der Waals surface area contributed by atoms with Crippen LogP contribution in [0.5, 0.6) is 0 Å². The second-order valence-corrected chi connectivity index (χ2v) is 4.10. The van der Waals surface area contributed by atoms with Gasteiger partial charge in [0.25, 0.3) is 11.8 Å². The van der Waals surface area contributed by atoms with Crippen molar-refractivity contribution in [1.29, 1.82) is 10.5 Å². The van der Waals surface area contributed by atoms with E-state index in [4.69, 9.17) is 10.5 Å². The third-order valence-corrected chi connectivity index (χ3v) is 2.56. The first-order valence-electron chi connectivity index (χ1n) is 6.08. The summed E-state index contributed by atoms with van der Waals surface area (Å²) >= 11 is 0. The third kappa shape index (κ3) is 5.74. The van der Waals surface area contributed by atoms with E-state index in [-0.39, 0.29) is 12.8 Å². The first-order chi connectivity index (χ1) is 9.65. The van der Waals surface area contributed by atoms with E-state index in [0.717, 1.165) is 11.4 Å². The van der Waals surface area contributed by atoms with Crippen molar-refractivity contribution in [3.05, 3.63) is 0 Å². The molecular formula is C12H14N6O2. The molecule has 1 rings (SSSR count). The second-order valence-electron chi connectivity index (χ2n) is 4.10. The van der Waals surface area contributed by atoms with Crippen LogP contribution in [0.15, 0.2) is 10.2 Å². The van der Waals surface area contributed by atoms with Crippen LogP contribution in [0, 0.1) is 22.7 Å². The number of carbonyl (C=O) groups is 2. The Balaban J connectivity index is 2.36. The number of rotatable bonds is 4. The van der Waals surface area contributed by atoms with Crippen molar-refractivity contribution < 1.29 is 9.59 Å². The smallest absolute Gasteiger partial charge is 0.254 e. The minimum Gasteiger partial charge on any atom is -0.272 e. The average molecular weight is 274 g/mol. The minimum absolute atomic E-state index is 0.214. The van der Waals surface area contributed by atoms with Crippen LogP contribution in [0.3, 0.4) is 0 Å². The van der Waals surface area contributed by atoms with E-state index in [1.165, 1.54) is 0 Å². The highest BCUT2D eigenvalue weighted by molar-refractivity contribution is 5.98. The summed E-state index contributed by atoms with van der Waals surface area (Å²) in [5.74, 6) is -0.855. The predicted octanol–water partition coefficient (Wildman–Crippen LogP) is 0.332. The maximum atomic E-state index is 11.1. The lowest BCUT2D eigenvalue weighted by Crippen LogP contribution is -2.24. The van der Waals surface area contributed by atoms with E-state index >= 15 is 0 Å². The van der Waals surface area contributed by atoms with E-state index in [1.54, 1.807) is 12.1 Å². The van der Waals surface area contributed by atoms with Crippen molar-refractivity contribution in [2.24, 2.45) is 10.2 Å². The molecule has 1 fully saturated rings. The molecule has 20 heavy (non-hydrogen) atoms. The first-order valence-corrected chi connectivity index (χ1v) is 6.08. The van der Waals surface area contributed by atoms with Gasteiger partial charge in [-0.3, -0.25) is 9.59 Å². The van der Waals surface area contributed by atoms with Gasteiger partial charge in [0, 0.05) is 11.4 Å². The molecule has 0 saturated heterocycles. The maximum Gasteiger partial charge on any atom is 0.254 e. The molecule has 0 heterocycles. The van der Waals surface area contributed by atoms with Gasteiger partial charge in [-0.1, -0.05) is 0 Å². The summed E-state index contributed by atoms with van der Waals surface area (Å²) in [5, 5.41) is 24.5. The highest BCUT2D eigenvalue weighted by atomic mass is 16.2. The summed E-state index contributed by atoms with van der Waals surface area (Å²) in [6, 6.07) is 3.47. The summed E-state index contributed by atoms with van der Waals surface area (Å²) in [7, 11) is 0. The van der Waals surface area contributed by atoms with Crippen LogP contribution in [0.4, 0.5) is 0 Å². The van der Waals surface area contributed by atoms with E-state index in [9.17, 15) is 9.59 Å². The monoisotopic (exact) mass is 274 g/mol. The van der Waals surface area contributed by atoms with Crippen molar-refractivity contribution in [1.82, 2.24) is 10.9 Å². The van der Waals surface area contributed by atoms with Crippen molar-refractivity contribution in [2.75, 3.05) is 0 Å². The van der Waals surface area contributed by atoms with Gasteiger partial charge in [-0.25, -0.2) is 10.9 Å². The zero-order chi connectivity index (χ0) is 14.8. The Kier molecular flexibility index (Phi) is 6.42. The van der Waals surface area contributed by atoms with Gasteiger partial charge in [0.15, 0.2) is 0 Å². The van der Waals surface area contributed by atoms with Gasteiger partial charge in [-0.2, -0.15) is 20.7 Å². The van der Waals surface area contributed by atoms with Crippen molar-refractivity contribution in [2.45, 2.75) is 38.5 Å². The van der Waals surface area contributed by atoms with Gasteiger partial charge >= 0.3 is 0 Å². The molecule has 1 saturated carbocycles. The van der Waals surface area contributed by atoms with Crippen LogP contribution in [-0.2, 0) is 9.59 Å². The molecule has 0 spiro atoms. The molecule has 2 amide bonds. The lowest BCUT2D eigenvalue weighted by atomic mass is 9.97. The number of amides is 2. The molecule has 1 aliphatic carbocycles. The van der Waals surface area contributed by atoms with Crippen LogP contribution in [-0.4, -0.2) is 23.2 Å². The Hall–Kier alpha value is -2.74. The summed E-state index contributed by atoms with van der Waals surface area (Å²) < 4.78 is 0. The highest BCUT2D eigenvalue weighted by Crippen LogP contribution is 2.12. The third-order valence-electron chi connectivity index (χ3n) is 2.56. The van der Waals surface area contributed by atoms with Gasteiger partial charge < -0.3 is 0 Å². The zero-order valence-electron chi connectivity index (χ0n) is 10.8. The molecule has 0 radical (unpaired) electrons. The lowest BCUT2D eigenvalue weighted by Gasteiger charge is -2.14. The maximum absolute atomic E-state index is 11.1. The molecule has 1 aliphatic rings. The molecule has 0 aromatic rings. The molecule has 2 N–H and O–H groups in total. The molecule has 8 nitrogen and oxygen atoms in total. The Bertz CT molecular complexity index is 463. The second kappa shape index (κ2) is 8.38. The standard InChI is InChI=1S/C12H14N6O2/c13-7-5-11(19)17-15-9-1-2-10(4-3-9)16-18-12(20)6-8-14/h1-6H2,(H,17,19)(H,18,20). The van der Waals surface area contributed by atoms with Crippen molar-refractivity contribution in [3.63, 3.8) is 0 Å². The molecule has 0 atom stereocenters. The lowest BCUT2D eigenvalue weighted by molar-refractivity contribution is -0.120. The molecule has 0 bridgehead atoms. The van der Waals surface area contributed by atoms with Gasteiger partial charge in [-0.05, 0) is 25.7 Å². The van der Waals surface area contributed by atoms with Crippen molar-refractivity contribution in [3.8, 4) is 12.1 Å². The number of carbonyl (C=O) groups excluding carboxylic acids is 2. The molecule has 0 aliphatic heterocycles. The Morgan fingerprint density at radius 2 is 1.25 bits per heavy atom. The first kappa shape index (κ1) is 15.3. The molecule has 8 heteroatoms. The van der Waals surface area contributed by atoms with Gasteiger partial charge in [0.2, 0.25) is 0 Å². The summed E-state index contributed by atoms with van der Waals surface area (Å²) in [4.78, 5) is 22.1. The summed E-state index contributed by atoms with van der Waals surface area (Å²) in [5.41, 5.74) is 6.30. The average Bonchev–Trinajstić information content (AvgIpc) is 2.45. The number of nitrogens with zero attached hydrogens (tertiary/aromatic N) is 4. The van der Waals surface area contributed by atoms with Crippen LogP contribution >= 0.6 is 0 Å². The largest absolute Gasteiger partial charge is 0.272 e.